The second kappa shape index (κ2) is 8.96. The molecule has 2 aromatic carbocycles. The average molecular weight is 388 g/mol. The SMILES string of the molecule is CC(=O)NC(C)Cc1ccc(C#Cc2ccc(OC(F)(F)F)cc2C#N)cc1.[HH]. The molecule has 1 N–H and O–H groups in total. The lowest BCUT2D eigenvalue weighted by molar-refractivity contribution is -0.274. The molecule has 1 atom stereocenters. The summed E-state index contributed by atoms with van der Waals surface area (Å²) in [6, 6.07) is 12.6. The molecule has 0 saturated heterocycles. The van der Waals surface area contributed by atoms with Crippen LogP contribution in [0.2, 0.25) is 0 Å². The highest BCUT2D eigenvalue weighted by Crippen LogP contribution is 2.24. The molecule has 146 valence electrons. The van der Waals surface area contributed by atoms with Gasteiger partial charge in [-0.2, -0.15) is 5.26 Å². The first kappa shape index (κ1) is 20.9. The van der Waals surface area contributed by atoms with E-state index in [4.69, 9.17) is 5.26 Å². The van der Waals surface area contributed by atoms with Crippen molar-refractivity contribution in [1.29, 1.82) is 5.26 Å². The summed E-state index contributed by atoms with van der Waals surface area (Å²) < 4.78 is 40.6. The summed E-state index contributed by atoms with van der Waals surface area (Å²) in [5.74, 6) is 5.12. The number of halogens is 3. The van der Waals surface area contributed by atoms with Crippen LogP contribution in [0.15, 0.2) is 42.5 Å². The standard InChI is InChI=1S/C21H17F3N2O2.H2/c1-14(26-15(2)27)11-17-5-3-16(4-6-17)7-8-18-9-10-20(12-19(18)13-25)28-21(22,23)24;/h3-6,9-10,12,14H,11H2,1-2H3,(H,26,27);1H. The van der Waals surface area contributed by atoms with Gasteiger partial charge in [0.1, 0.15) is 11.8 Å². The minimum Gasteiger partial charge on any atom is -0.406 e. The van der Waals surface area contributed by atoms with Gasteiger partial charge in [0, 0.05) is 25.5 Å². The first-order valence-electron chi connectivity index (χ1n) is 8.34. The van der Waals surface area contributed by atoms with Gasteiger partial charge in [0.25, 0.3) is 0 Å². The third kappa shape index (κ3) is 6.69. The van der Waals surface area contributed by atoms with Crippen LogP contribution >= 0.6 is 0 Å². The van der Waals surface area contributed by atoms with Crippen LogP contribution in [0.25, 0.3) is 0 Å². The number of carbonyl (C=O) groups excluding carboxylic acids is 1. The van der Waals surface area contributed by atoms with Crippen molar-refractivity contribution in [3.05, 3.63) is 64.7 Å². The molecule has 0 aliphatic heterocycles. The van der Waals surface area contributed by atoms with Crippen LogP contribution in [-0.4, -0.2) is 18.3 Å². The first-order valence-corrected chi connectivity index (χ1v) is 8.34. The topological polar surface area (TPSA) is 62.1 Å². The fourth-order valence-electron chi connectivity index (χ4n) is 2.54. The van der Waals surface area contributed by atoms with E-state index < -0.39 is 12.1 Å². The number of rotatable bonds is 4. The molecule has 0 radical (unpaired) electrons. The molecule has 4 nitrogen and oxygen atoms in total. The summed E-state index contributed by atoms with van der Waals surface area (Å²) >= 11 is 0. The van der Waals surface area contributed by atoms with Gasteiger partial charge in [-0.05, 0) is 49.2 Å². The Balaban J connectivity index is 0.00000420. The molecular formula is C21H19F3N2O2. The fourth-order valence-corrected chi connectivity index (χ4v) is 2.54. The van der Waals surface area contributed by atoms with E-state index in [1.165, 1.54) is 13.0 Å². The predicted molar refractivity (Wildman–Crippen MR) is 99.4 cm³/mol. The highest BCUT2D eigenvalue weighted by Gasteiger charge is 2.31. The quantitative estimate of drug-likeness (QED) is 0.800. The smallest absolute Gasteiger partial charge is 0.406 e. The molecular weight excluding hydrogens is 369 g/mol. The van der Waals surface area contributed by atoms with Crippen LogP contribution in [0.5, 0.6) is 5.75 Å². The minimum atomic E-state index is -4.82. The summed E-state index contributed by atoms with van der Waals surface area (Å²) in [7, 11) is 0. The molecule has 2 rings (SSSR count). The van der Waals surface area contributed by atoms with Gasteiger partial charge in [0.05, 0.1) is 5.56 Å². The molecule has 0 aromatic heterocycles. The maximum absolute atomic E-state index is 12.3. The Hall–Kier alpha value is -3.45. The zero-order chi connectivity index (χ0) is 20.7. The van der Waals surface area contributed by atoms with Crippen molar-refractivity contribution in [3.8, 4) is 23.7 Å². The van der Waals surface area contributed by atoms with Crippen molar-refractivity contribution in [2.24, 2.45) is 0 Å². The lowest BCUT2D eigenvalue weighted by atomic mass is 10.0. The average Bonchev–Trinajstić information content (AvgIpc) is 2.59. The summed E-state index contributed by atoms with van der Waals surface area (Å²) in [6.07, 6.45) is -4.15. The molecule has 0 spiro atoms. The number of nitrogens with zero attached hydrogens (tertiary/aromatic N) is 1. The Morgan fingerprint density at radius 2 is 1.86 bits per heavy atom. The molecule has 0 aliphatic rings. The molecule has 1 unspecified atom stereocenters. The van der Waals surface area contributed by atoms with Crippen LogP contribution in [0.3, 0.4) is 0 Å². The van der Waals surface area contributed by atoms with E-state index in [9.17, 15) is 18.0 Å². The number of alkyl halides is 3. The number of hydrogen-bond donors (Lipinski definition) is 1. The Labute approximate surface area is 162 Å². The Bertz CT molecular complexity index is 955. The molecule has 0 aliphatic carbocycles. The van der Waals surface area contributed by atoms with E-state index in [1.54, 1.807) is 12.1 Å². The second-order valence-electron chi connectivity index (χ2n) is 6.12. The van der Waals surface area contributed by atoms with E-state index in [-0.39, 0.29) is 18.9 Å². The lowest BCUT2D eigenvalue weighted by Crippen LogP contribution is -2.31. The Morgan fingerprint density at radius 1 is 1.18 bits per heavy atom. The summed E-state index contributed by atoms with van der Waals surface area (Å²) in [5.41, 5.74) is 2.02. The van der Waals surface area contributed by atoms with E-state index >= 15 is 0 Å². The van der Waals surface area contributed by atoms with Gasteiger partial charge < -0.3 is 10.1 Å². The number of benzene rings is 2. The van der Waals surface area contributed by atoms with E-state index in [0.29, 0.717) is 17.5 Å². The first-order chi connectivity index (χ1) is 13.2. The van der Waals surface area contributed by atoms with Crippen molar-refractivity contribution in [2.75, 3.05) is 0 Å². The van der Waals surface area contributed by atoms with Crippen LogP contribution in [0.1, 0.15) is 37.5 Å². The Morgan fingerprint density at radius 3 is 2.43 bits per heavy atom. The number of nitriles is 1. The van der Waals surface area contributed by atoms with Crippen LogP contribution in [0.4, 0.5) is 13.2 Å². The summed E-state index contributed by atoms with van der Waals surface area (Å²) in [4.78, 5) is 11.0. The molecule has 28 heavy (non-hydrogen) atoms. The third-order valence-electron chi connectivity index (χ3n) is 3.63. The van der Waals surface area contributed by atoms with Gasteiger partial charge in [0.15, 0.2) is 0 Å². The van der Waals surface area contributed by atoms with Crippen molar-refractivity contribution < 1.29 is 24.1 Å². The molecule has 0 fully saturated rings. The van der Waals surface area contributed by atoms with Crippen molar-refractivity contribution in [2.45, 2.75) is 32.7 Å². The number of nitrogens with one attached hydrogen (secondary N) is 1. The number of amides is 1. The second-order valence-corrected chi connectivity index (χ2v) is 6.12. The van der Waals surface area contributed by atoms with Crippen LogP contribution < -0.4 is 10.1 Å². The van der Waals surface area contributed by atoms with Crippen LogP contribution in [-0.2, 0) is 11.2 Å². The molecule has 0 saturated carbocycles. The van der Waals surface area contributed by atoms with Crippen molar-refractivity contribution in [3.63, 3.8) is 0 Å². The largest absolute Gasteiger partial charge is 0.573 e. The third-order valence-corrected chi connectivity index (χ3v) is 3.63. The van der Waals surface area contributed by atoms with Gasteiger partial charge in [-0.25, -0.2) is 0 Å². The molecule has 1 amide bonds. The predicted octanol–water partition coefficient (Wildman–Crippen LogP) is 4.17. The number of carbonyl (C=O) groups is 1. The fraction of sp³-hybridized carbons (Fsp3) is 0.238. The zero-order valence-corrected chi connectivity index (χ0v) is 15.2. The molecule has 7 heteroatoms. The van der Waals surface area contributed by atoms with E-state index in [2.05, 4.69) is 21.9 Å². The van der Waals surface area contributed by atoms with Crippen LogP contribution in [0, 0.1) is 23.2 Å². The van der Waals surface area contributed by atoms with Gasteiger partial charge >= 0.3 is 6.36 Å². The number of ether oxygens (including phenoxy) is 1. The van der Waals surface area contributed by atoms with Crippen molar-refractivity contribution in [1.82, 2.24) is 5.32 Å². The Kier molecular flexibility index (Phi) is 6.68. The van der Waals surface area contributed by atoms with Gasteiger partial charge in [-0.3, -0.25) is 4.79 Å². The lowest BCUT2D eigenvalue weighted by Gasteiger charge is -2.12. The minimum absolute atomic E-state index is 0. The highest BCUT2D eigenvalue weighted by molar-refractivity contribution is 5.73. The summed E-state index contributed by atoms with van der Waals surface area (Å²) in [6.45, 7) is 3.37. The van der Waals surface area contributed by atoms with Gasteiger partial charge in [0.2, 0.25) is 5.91 Å². The maximum atomic E-state index is 12.3. The van der Waals surface area contributed by atoms with Gasteiger partial charge in [-0.15, -0.1) is 13.2 Å². The maximum Gasteiger partial charge on any atom is 0.573 e. The normalized spacial score (nSPS) is 11.6. The molecule has 0 bridgehead atoms. The van der Waals surface area contributed by atoms with E-state index in [0.717, 1.165) is 17.7 Å². The monoisotopic (exact) mass is 388 g/mol. The van der Waals surface area contributed by atoms with E-state index in [1.807, 2.05) is 25.1 Å². The molecule has 2 aromatic rings. The van der Waals surface area contributed by atoms with Gasteiger partial charge in [-0.1, -0.05) is 24.0 Å². The highest BCUT2D eigenvalue weighted by atomic mass is 19.4. The molecule has 0 heterocycles. The summed E-state index contributed by atoms with van der Waals surface area (Å²) in [5, 5.41) is 11.9. The number of hydrogen-bond acceptors (Lipinski definition) is 3. The zero-order valence-electron chi connectivity index (χ0n) is 15.2. The van der Waals surface area contributed by atoms with Crippen molar-refractivity contribution >= 4 is 5.91 Å².